The molecule has 94 valence electrons. The van der Waals surface area contributed by atoms with Crippen molar-refractivity contribution >= 4 is 0 Å². The molecule has 17 heavy (non-hydrogen) atoms. The average Bonchev–Trinajstić information content (AvgIpc) is 2.33. The highest BCUT2D eigenvalue weighted by atomic mass is 15.1. The van der Waals surface area contributed by atoms with E-state index in [-0.39, 0.29) is 0 Å². The molecule has 1 aromatic rings. The van der Waals surface area contributed by atoms with E-state index in [1.54, 1.807) is 5.56 Å². The Kier molecular flexibility index (Phi) is 4.22. The Labute approximate surface area is 106 Å². The van der Waals surface area contributed by atoms with Crippen molar-refractivity contribution < 1.29 is 0 Å². The van der Waals surface area contributed by atoms with E-state index >= 15 is 0 Å². The second-order valence-corrected chi connectivity index (χ2v) is 5.43. The molecule has 1 heteroatoms. The third-order valence-electron chi connectivity index (χ3n) is 4.13. The Balaban J connectivity index is 2.13. The van der Waals surface area contributed by atoms with Crippen molar-refractivity contribution in [2.24, 2.45) is 0 Å². The van der Waals surface area contributed by atoms with Gasteiger partial charge in [-0.05, 0) is 68.8 Å². The van der Waals surface area contributed by atoms with Crippen LogP contribution >= 0.6 is 0 Å². The van der Waals surface area contributed by atoms with Gasteiger partial charge in [0, 0.05) is 6.54 Å². The van der Waals surface area contributed by atoms with E-state index in [9.17, 15) is 0 Å². The summed E-state index contributed by atoms with van der Waals surface area (Å²) in [5.41, 5.74) is 4.54. The van der Waals surface area contributed by atoms with Crippen molar-refractivity contribution in [2.75, 3.05) is 19.6 Å². The van der Waals surface area contributed by atoms with Crippen LogP contribution in [0, 0.1) is 13.8 Å². The maximum Gasteiger partial charge on any atom is 0.00504 e. The van der Waals surface area contributed by atoms with Crippen LogP contribution in [0.2, 0.25) is 0 Å². The normalized spacial score (nSPS) is 21.7. The van der Waals surface area contributed by atoms with Crippen LogP contribution < -0.4 is 0 Å². The second-order valence-electron chi connectivity index (χ2n) is 5.43. The first-order valence-corrected chi connectivity index (χ1v) is 7.00. The molecule has 1 atom stereocenters. The van der Waals surface area contributed by atoms with E-state index in [1.165, 1.54) is 50.0 Å². The molecule has 0 aliphatic carbocycles. The number of rotatable bonds is 3. The van der Waals surface area contributed by atoms with Gasteiger partial charge in [0.1, 0.15) is 0 Å². The van der Waals surface area contributed by atoms with Gasteiger partial charge in [-0.3, -0.25) is 0 Å². The lowest BCUT2D eigenvalue weighted by molar-refractivity contribution is 0.208. The predicted molar refractivity (Wildman–Crippen MR) is 74.6 cm³/mol. The molecule has 1 aromatic carbocycles. The Bertz CT molecular complexity index is 368. The minimum absolute atomic E-state index is 0.759. The van der Waals surface area contributed by atoms with Crippen molar-refractivity contribution in [3.8, 4) is 0 Å². The van der Waals surface area contributed by atoms with Gasteiger partial charge < -0.3 is 4.90 Å². The molecule has 0 saturated carbocycles. The summed E-state index contributed by atoms with van der Waals surface area (Å²) >= 11 is 0. The average molecular weight is 231 g/mol. The van der Waals surface area contributed by atoms with Crippen LogP contribution in [0.25, 0.3) is 0 Å². The zero-order valence-corrected chi connectivity index (χ0v) is 11.5. The molecule has 0 radical (unpaired) electrons. The quantitative estimate of drug-likeness (QED) is 0.763. The molecule has 0 amide bonds. The first-order valence-electron chi connectivity index (χ1n) is 7.00. The highest BCUT2D eigenvalue weighted by Crippen LogP contribution is 2.30. The fourth-order valence-electron chi connectivity index (χ4n) is 3.04. The first-order chi connectivity index (χ1) is 8.22. The van der Waals surface area contributed by atoms with Crippen LogP contribution in [0.15, 0.2) is 18.2 Å². The van der Waals surface area contributed by atoms with Gasteiger partial charge in [-0.1, -0.05) is 25.1 Å². The maximum atomic E-state index is 2.63. The molecular weight excluding hydrogens is 206 g/mol. The highest BCUT2D eigenvalue weighted by Gasteiger charge is 2.21. The molecule has 0 spiro atoms. The summed E-state index contributed by atoms with van der Waals surface area (Å²) in [4.78, 5) is 2.63. The van der Waals surface area contributed by atoms with Gasteiger partial charge in [0.2, 0.25) is 0 Å². The number of hydrogen-bond acceptors (Lipinski definition) is 1. The number of nitrogens with zero attached hydrogens (tertiary/aromatic N) is 1. The van der Waals surface area contributed by atoms with E-state index in [0.29, 0.717) is 0 Å². The molecule has 1 fully saturated rings. The van der Waals surface area contributed by atoms with Crippen LogP contribution in [0.4, 0.5) is 0 Å². The summed E-state index contributed by atoms with van der Waals surface area (Å²) in [5, 5.41) is 0. The largest absolute Gasteiger partial charge is 0.303 e. The van der Waals surface area contributed by atoms with Gasteiger partial charge in [0.05, 0.1) is 0 Å². The summed E-state index contributed by atoms with van der Waals surface area (Å²) in [7, 11) is 0. The first kappa shape index (κ1) is 12.6. The number of hydrogen-bond donors (Lipinski definition) is 0. The van der Waals surface area contributed by atoms with Gasteiger partial charge in [-0.2, -0.15) is 0 Å². The van der Waals surface area contributed by atoms with Gasteiger partial charge in [-0.25, -0.2) is 0 Å². The fourth-order valence-corrected chi connectivity index (χ4v) is 3.04. The fraction of sp³-hybridized carbons (Fsp3) is 0.625. The topological polar surface area (TPSA) is 3.24 Å². The smallest absolute Gasteiger partial charge is 0.00504 e. The van der Waals surface area contributed by atoms with Crippen LogP contribution in [0.5, 0.6) is 0 Å². The Morgan fingerprint density at radius 1 is 1.29 bits per heavy atom. The Morgan fingerprint density at radius 2 is 2.12 bits per heavy atom. The van der Waals surface area contributed by atoms with Crippen LogP contribution in [0.1, 0.15) is 48.8 Å². The van der Waals surface area contributed by atoms with Gasteiger partial charge in [0.15, 0.2) is 0 Å². The van der Waals surface area contributed by atoms with E-state index < -0.39 is 0 Å². The summed E-state index contributed by atoms with van der Waals surface area (Å²) in [6.07, 6.45) is 4.00. The summed E-state index contributed by atoms with van der Waals surface area (Å²) in [6, 6.07) is 6.78. The monoisotopic (exact) mass is 231 g/mol. The van der Waals surface area contributed by atoms with Crippen molar-refractivity contribution in [2.45, 2.75) is 46.0 Å². The van der Waals surface area contributed by atoms with E-state index in [4.69, 9.17) is 0 Å². The third kappa shape index (κ3) is 2.90. The standard InChI is InChI=1S/C16H25N/c1-4-10-17-11-6-8-15(12-17)16-9-5-7-13(2)14(16)3/h5,7,9,15H,4,6,8,10-12H2,1-3H3. The van der Waals surface area contributed by atoms with Gasteiger partial charge in [-0.15, -0.1) is 0 Å². The van der Waals surface area contributed by atoms with Crippen molar-refractivity contribution in [3.05, 3.63) is 34.9 Å². The second kappa shape index (κ2) is 5.68. The molecule has 0 bridgehead atoms. The predicted octanol–water partition coefficient (Wildman–Crippen LogP) is 3.89. The molecule has 0 N–H and O–H groups in total. The molecule has 1 heterocycles. The van der Waals surface area contributed by atoms with E-state index in [0.717, 1.165) is 5.92 Å². The lowest BCUT2D eigenvalue weighted by Crippen LogP contribution is -2.35. The van der Waals surface area contributed by atoms with Crippen LogP contribution in [-0.2, 0) is 0 Å². The number of likely N-dealkylation sites (tertiary alicyclic amines) is 1. The molecule has 1 unspecified atom stereocenters. The zero-order valence-electron chi connectivity index (χ0n) is 11.5. The summed E-state index contributed by atoms with van der Waals surface area (Å²) in [5.74, 6) is 0.759. The van der Waals surface area contributed by atoms with Crippen molar-refractivity contribution in [1.29, 1.82) is 0 Å². The van der Waals surface area contributed by atoms with Gasteiger partial charge in [0.25, 0.3) is 0 Å². The lowest BCUT2D eigenvalue weighted by Gasteiger charge is -2.33. The zero-order chi connectivity index (χ0) is 12.3. The van der Waals surface area contributed by atoms with Crippen molar-refractivity contribution in [3.63, 3.8) is 0 Å². The Hall–Kier alpha value is -0.820. The maximum absolute atomic E-state index is 2.63. The molecule has 1 saturated heterocycles. The SMILES string of the molecule is CCCN1CCCC(c2cccc(C)c2C)C1. The molecule has 2 rings (SSSR count). The molecule has 0 aromatic heterocycles. The molecule has 1 nitrogen and oxygen atoms in total. The lowest BCUT2D eigenvalue weighted by atomic mass is 9.86. The number of aryl methyl sites for hydroxylation is 1. The van der Waals surface area contributed by atoms with Crippen LogP contribution in [0.3, 0.4) is 0 Å². The highest BCUT2D eigenvalue weighted by molar-refractivity contribution is 5.36. The third-order valence-corrected chi connectivity index (χ3v) is 4.13. The van der Waals surface area contributed by atoms with Crippen LogP contribution in [-0.4, -0.2) is 24.5 Å². The minimum atomic E-state index is 0.759. The van der Waals surface area contributed by atoms with Crippen molar-refractivity contribution in [1.82, 2.24) is 4.90 Å². The molecule has 1 aliphatic rings. The Morgan fingerprint density at radius 3 is 2.88 bits per heavy atom. The molecule has 1 aliphatic heterocycles. The summed E-state index contributed by atoms with van der Waals surface area (Å²) < 4.78 is 0. The minimum Gasteiger partial charge on any atom is -0.303 e. The number of piperidine rings is 1. The summed E-state index contributed by atoms with van der Waals surface area (Å²) in [6.45, 7) is 10.6. The number of benzene rings is 1. The van der Waals surface area contributed by atoms with E-state index in [1.807, 2.05) is 0 Å². The van der Waals surface area contributed by atoms with E-state index in [2.05, 4.69) is 43.9 Å². The van der Waals surface area contributed by atoms with Gasteiger partial charge >= 0.3 is 0 Å². The molecular formula is C16H25N.